The molecule has 80 valence electrons. The Kier molecular flexibility index (Phi) is 3.85. The molecule has 0 radical (unpaired) electrons. The molecule has 0 saturated carbocycles. The van der Waals surface area contributed by atoms with Crippen LogP contribution < -0.4 is 0 Å². The van der Waals surface area contributed by atoms with E-state index in [1.54, 1.807) is 0 Å². The molecule has 15 heavy (non-hydrogen) atoms. The summed E-state index contributed by atoms with van der Waals surface area (Å²) in [5.74, 6) is -0.0624. The second-order valence-corrected chi connectivity index (χ2v) is 5.83. The van der Waals surface area contributed by atoms with Crippen LogP contribution in [0, 0.1) is 11.3 Å². The van der Waals surface area contributed by atoms with E-state index in [0.29, 0.717) is 0 Å². The number of hydrogen-bond acceptors (Lipinski definition) is 3. The van der Waals surface area contributed by atoms with Gasteiger partial charge in [-0.05, 0) is 17.7 Å². The average molecular weight is 285 g/mol. The van der Waals surface area contributed by atoms with Gasteiger partial charge in [-0.25, -0.2) is 8.42 Å². The van der Waals surface area contributed by atoms with Crippen molar-refractivity contribution >= 4 is 42.9 Å². The number of nitriles is 1. The van der Waals surface area contributed by atoms with Crippen LogP contribution in [0.1, 0.15) is 11.1 Å². The zero-order valence-electron chi connectivity index (χ0n) is 7.17. The van der Waals surface area contributed by atoms with Gasteiger partial charge in [-0.15, -0.1) is 11.6 Å². The molecule has 0 fully saturated rings. The van der Waals surface area contributed by atoms with E-state index in [4.69, 9.17) is 39.1 Å². The monoisotopic (exact) mass is 283 g/mol. The third-order valence-corrected chi connectivity index (χ3v) is 3.68. The summed E-state index contributed by atoms with van der Waals surface area (Å²) in [5, 5.41) is 8.71. The Balaban J connectivity index is 3.57. The van der Waals surface area contributed by atoms with Crippen molar-refractivity contribution in [2.75, 3.05) is 0 Å². The molecule has 0 aromatic heterocycles. The van der Waals surface area contributed by atoms with E-state index in [-0.39, 0.29) is 26.9 Å². The second kappa shape index (κ2) is 4.58. The van der Waals surface area contributed by atoms with Crippen LogP contribution in [0.25, 0.3) is 0 Å². The maximum Gasteiger partial charge on any atom is 0.261 e. The van der Waals surface area contributed by atoms with E-state index < -0.39 is 9.05 Å². The van der Waals surface area contributed by atoms with Crippen LogP contribution >= 0.6 is 33.9 Å². The first-order chi connectivity index (χ1) is 6.90. The predicted molar refractivity (Wildman–Crippen MR) is 58.8 cm³/mol. The van der Waals surface area contributed by atoms with Gasteiger partial charge in [-0.2, -0.15) is 5.26 Å². The molecule has 0 aliphatic heterocycles. The minimum Gasteiger partial charge on any atom is -0.207 e. The van der Waals surface area contributed by atoms with Gasteiger partial charge in [-0.1, -0.05) is 11.6 Å². The van der Waals surface area contributed by atoms with Gasteiger partial charge in [0.25, 0.3) is 9.05 Å². The fraction of sp³-hybridized carbons (Fsp3) is 0.125. The molecule has 0 unspecified atom stereocenters. The Labute approximate surface area is 102 Å². The molecule has 0 aliphatic carbocycles. The van der Waals surface area contributed by atoms with Gasteiger partial charge in [0.05, 0.1) is 15.5 Å². The summed E-state index contributed by atoms with van der Waals surface area (Å²) < 4.78 is 22.3. The molecule has 0 amide bonds. The van der Waals surface area contributed by atoms with Gasteiger partial charge in [-0.3, -0.25) is 0 Å². The molecule has 0 aliphatic rings. The highest BCUT2D eigenvalue weighted by molar-refractivity contribution is 8.13. The Hall–Kier alpha value is -0.470. The summed E-state index contributed by atoms with van der Waals surface area (Å²) in [6.45, 7) is 0. The maximum absolute atomic E-state index is 11.1. The normalized spacial score (nSPS) is 11.1. The Bertz CT molecular complexity index is 534. The van der Waals surface area contributed by atoms with Gasteiger partial charge in [0.1, 0.15) is 6.07 Å². The molecule has 1 rings (SSSR count). The standard InChI is InChI=1S/C8H4Cl3NO2S/c9-3-5-1-6(4-12)7(10)2-8(5)15(11,13)14/h1-2H,3H2. The summed E-state index contributed by atoms with van der Waals surface area (Å²) in [5.41, 5.74) is 0.420. The fourth-order valence-electron chi connectivity index (χ4n) is 1.02. The van der Waals surface area contributed by atoms with Crippen LogP contribution in [0.4, 0.5) is 0 Å². The molecule has 0 atom stereocenters. The van der Waals surface area contributed by atoms with Crippen molar-refractivity contribution in [1.82, 2.24) is 0 Å². The van der Waals surface area contributed by atoms with Crippen molar-refractivity contribution in [3.63, 3.8) is 0 Å². The Morgan fingerprint density at radius 3 is 2.40 bits per heavy atom. The van der Waals surface area contributed by atoms with Gasteiger partial charge in [0.15, 0.2) is 0 Å². The number of halogens is 3. The molecule has 0 bridgehead atoms. The highest BCUT2D eigenvalue weighted by Gasteiger charge is 2.17. The molecule has 1 aromatic rings. The van der Waals surface area contributed by atoms with E-state index in [9.17, 15) is 8.42 Å². The van der Waals surface area contributed by atoms with E-state index in [1.165, 1.54) is 6.07 Å². The molecule has 0 N–H and O–H groups in total. The minimum atomic E-state index is -3.90. The Morgan fingerprint density at radius 1 is 1.40 bits per heavy atom. The van der Waals surface area contributed by atoms with Crippen LogP contribution in [-0.4, -0.2) is 8.42 Å². The predicted octanol–water partition coefficient (Wildman–Crippen LogP) is 2.88. The van der Waals surface area contributed by atoms with Crippen molar-refractivity contribution in [2.45, 2.75) is 10.8 Å². The molecule has 3 nitrogen and oxygen atoms in total. The summed E-state index contributed by atoms with van der Waals surface area (Å²) in [6, 6.07) is 4.26. The highest BCUT2D eigenvalue weighted by atomic mass is 35.7. The van der Waals surface area contributed by atoms with Gasteiger partial charge >= 0.3 is 0 Å². The molecular weight excluding hydrogens is 281 g/mol. The van der Waals surface area contributed by atoms with E-state index >= 15 is 0 Å². The first kappa shape index (κ1) is 12.6. The lowest BCUT2D eigenvalue weighted by molar-refractivity contribution is 0.609. The van der Waals surface area contributed by atoms with Crippen molar-refractivity contribution in [1.29, 1.82) is 5.26 Å². The van der Waals surface area contributed by atoms with E-state index in [2.05, 4.69) is 0 Å². The van der Waals surface area contributed by atoms with Crippen molar-refractivity contribution < 1.29 is 8.42 Å². The number of nitrogens with zero attached hydrogens (tertiary/aromatic N) is 1. The maximum atomic E-state index is 11.1. The lowest BCUT2D eigenvalue weighted by atomic mass is 10.1. The third-order valence-electron chi connectivity index (χ3n) is 1.68. The quantitative estimate of drug-likeness (QED) is 0.620. The first-order valence-corrected chi connectivity index (χ1v) is 6.85. The number of alkyl halides is 1. The molecule has 0 heterocycles. The molecule has 0 spiro atoms. The topological polar surface area (TPSA) is 57.9 Å². The van der Waals surface area contributed by atoms with E-state index in [0.717, 1.165) is 6.07 Å². The van der Waals surface area contributed by atoms with Crippen molar-refractivity contribution in [3.8, 4) is 6.07 Å². The molecule has 0 saturated heterocycles. The smallest absolute Gasteiger partial charge is 0.207 e. The van der Waals surface area contributed by atoms with Gasteiger partial charge in [0.2, 0.25) is 0 Å². The summed E-state index contributed by atoms with van der Waals surface area (Å²) in [4.78, 5) is -0.164. The second-order valence-electron chi connectivity index (χ2n) is 2.62. The minimum absolute atomic E-state index is 0.0330. The fourth-order valence-corrected chi connectivity index (χ4v) is 2.72. The summed E-state index contributed by atoms with van der Waals surface area (Å²) in [6.07, 6.45) is 0. The average Bonchev–Trinajstić information content (AvgIpc) is 2.16. The van der Waals surface area contributed by atoms with Gasteiger partial charge in [0, 0.05) is 16.6 Å². The lowest BCUT2D eigenvalue weighted by Crippen LogP contribution is -1.98. The number of hydrogen-bond donors (Lipinski definition) is 0. The van der Waals surface area contributed by atoms with Crippen LogP contribution in [0.2, 0.25) is 5.02 Å². The zero-order chi connectivity index (χ0) is 11.6. The largest absolute Gasteiger partial charge is 0.261 e. The highest BCUT2D eigenvalue weighted by Crippen LogP contribution is 2.28. The SMILES string of the molecule is N#Cc1cc(CCl)c(S(=O)(=O)Cl)cc1Cl. The number of rotatable bonds is 2. The van der Waals surface area contributed by atoms with Crippen LogP contribution in [-0.2, 0) is 14.9 Å². The molecular formula is C8H4Cl3NO2S. The van der Waals surface area contributed by atoms with Crippen molar-refractivity contribution in [2.24, 2.45) is 0 Å². The first-order valence-electron chi connectivity index (χ1n) is 3.63. The van der Waals surface area contributed by atoms with Gasteiger partial charge < -0.3 is 0 Å². The van der Waals surface area contributed by atoms with Crippen LogP contribution in [0.15, 0.2) is 17.0 Å². The summed E-state index contributed by atoms with van der Waals surface area (Å²) in [7, 11) is 1.28. The Morgan fingerprint density at radius 2 is 2.00 bits per heavy atom. The molecule has 1 aromatic carbocycles. The zero-order valence-corrected chi connectivity index (χ0v) is 10.3. The number of benzene rings is 1. The lowest BCUT2D eigenvalue weighted by Gasteiger charge is -2.05. The molecule has 7 heteroatoms. The van der Waals surface area contributed by atoms with E-state index in [1.807, 2.05) is 6.07 Å². The third kappa shape index (κ3) is 2.76. The van der Waals surface area contributed by atoms with Crippen molar-refractivity contribution in [3.05, 3.63) is 28.3 Å². The van der Waals surface area contributed by atoms with Crippen LogP contribution in [0.3, 0.4) is 0 Å². The summed E-state index contributed by atoms with van der Waals surface area (Å²) >= 11 is 11.2. The van der Waals surface area contributed by atoms with Crippen LogP contribution in [0.5, 0.6) is 0 Å².